The highest BCUT2D eigenvalue weighted by molar-refractivity contribution is 6.36. The van der Waals surface area contributed by atoms with Crippen LogP contribution in [-0.2, 0) is 23.9 Å². The van der Waals surface area contributed by atoms with Crippen LogP contribution in [0.1, 0.15) is 88.5 Å². The van der Waals surface area contributed by atoms with Crippen molar-refractivity contribution in [2.75, 3.05) is 0 Å². The van der Waals surface area contributed by atoms with E-state index in [0.29, 0.717) is 0 Å². The maximum Gasteiger partial charge on any atom is 0.190 e. The fourth-order valence-electron chi connectivity index (χ4n) is 7.17. The van der Waals surface area contributed by atoms with E-state index in [1.54, 1.807) is 55.4 Å². The molecule has 0 amide bonds. The molecule has 0 aromatic rings. The summed E-state index contributed by atoms with van der Waals surface area (Å²) in [5, 5.41) is 11.1. The molecule has 6 unspecified atom stereocenters. The lowest BCUT2D eigenvalue weighted by Gasteiger charge is -2.57. The molecule has 0 aromatic heterocycles. The molecule has 1 N–H and O–H groups in total. The van der Waals surface area contributed by atoms with Crippen LogP contribution in [0, 0.1) is 28.1 Å². The second-order valence-electron chi connectivity index (χ2n) is 13.2. The number of alkyl halides is 1. The van der Waals surface area contributed by atoms with Gasteiger partial charge in [-0.15, -0.1) is 11.6 Å². The highest BCUT2D eigenvalue weighted by Crippen LogP contribution is 2.73. The number of ketones is 4. The Kier molecular flexibility index (Phi) is 7.47. The fourth-order valence-corrected chi connectivity index (χ4v) is 7.48. The van der Waals surface area contributed by atoms with Crippen LogP contribution in [0.3, 0.4) is 0 Å². The number of carbonyl (C=O) groups excluding carboxylic acids is 4. The molecule has 2 saturated carbocycles. The van der Waals surface area contributed by atoms with E-state index in [1.807, 2.05) is 19.9 Å². The van der Waals surface area contributed by atoms with Crippen LogP contribution in [0.2, 0.25) is 0 Å². The number of rotatable bonds is 7. The van der Waals surface area contributed by atoms with E-state index < -0.39 is 68.1 Å². The lowest BCUT2D eigenvalue weighted by atomic mass is 9.46. The highest BCUT2D eigenvalue weighted by Gasteiger charge is 2.88. The number of aliphatic hydroxyl groups is 1. The number of Topliss-reactive ketones (excluding diaryl/α,β-unsaturated/α-hetero) is 4. The minimum absolute atomic E-state index is 0.0138. The summed E-state index contributed by atoms with van der Waals surface area (Å²) in [5.41, 5.74) is -6.51. The third-order valence-corrected chi connectivity index (χ3v) is 9.84. The van der Waals surface area contributed by atoms with Crippen LogP contribution >= 0.6 is 11.6 Å². The number of allylic oxidation sites excluding steroid dienone is 3. The van der Waals surface area contributed by atoms with Gasteiger partial charge in [-0.25, -0.2) is 0 Å². The minimum Gasteiger partial charge on any atom is -0.385 e. The van der Waals surface area contributed by atoms with Crippen LogP contribution in [0.5, 0.6) is 0 Å². The predicted octanol–water partition coefficient (Wildman–Crippen LogP) is 5.18. The van der Waals surface area contributed by atoms with Gasteiger partial charge in [0.05, 0.1) is 16.4 Å². The zero-order valence-electron chi connectivity index (χ0n) is 24.0. The Morgan fingerprint density at radius 3 is 2.08 bits per heavy atom. The number of hydrogen-bond donors (Lipinski definition) is 1. The van der Waals surface area contributed by atoms with E-state index in [0.717, 1.165) is 11.1 Å². The first-order valence-corrected chi connectivity index (χ1v) is 13.7. The van der Waals surface area contributed by atoms with Crippen molar-refractivity contribution < 1.29 is 29.0 Å². The summed E-state index contributed by atoms with van der Waals surface area (Å²) in [6.45, 7) is 17.5. The summed E-state index contributed by atoms with van der Waals surface area (Å²) >= 11 is 6.82. The summed E-state index contributed by atoms with van der Waals surface area (Å²) in [5.74, 6) is -3.40. The van der Waals surface area contributed by atoms with E-state index in [1.165, 1.54) is 6.08 Å². The molecule has 6 nitrogen and oxygen atoms in total. The predicted molar refractivity (Wildman–Crippen MR) is 143 cm³/mol. The maximum absolute atomic E-state index is 15.0. The molecular formula is C30H43ClO6. The van der Waals surface area contributed by atoms with Crippen molar-refractivity contribution in [3.8, 4) is 0 Å². The van der Waals surface area contributed by atoms with Gasteiger partial charge in [0.1, 0.15) is 11.9 Å². The number of hydrogen-bond acceptors (Lipinski definition) is 6. The van der Waals surface area contributed by atoms with Crippen molar-refractivity contribution in [2.45, 2.75) is 111 Å². The molecule has 6 atom stereocenters. The van der Waals surface area contributed by atoms with Gasteiger partial charge in [0, 0.05) is 23.7 Å². The fraction of sp³-hybridized carbons (Fsp3) is 0.733. The quantitative estimate of drug-likeness (QED) is 0.274. The minimum atomic E-state index is -2.14. The van der Waals surface area contributed by atoms with Gasteiger partial charge in [0.15, 0.2) is 28.4 Å². The molecule has 3 fully saturated rings. The Hall–Kier alpha value is -1.63. The van der Waals surface area contributed by atoms with Crippen LogP contribution in [0.4, 0.5) is 0 Å². The lowest BCUT2D eigenvalue weighted by molar-refractivity contribution is -0.244. The molecule has 1 heterocycles. The van der Waals surface area contributed by atoms with Crippen molar-refractivity contribution in [3.63, 3.8) is 0 Å². The van der Waals surface area contributed by atoms with Gasteiger partial charge >= 0.3 is 0 Å². The van der Waals surface area contributed by atoms with Crippen LogP contribution < -0.4 is 0 Å². The van der Waals surface area contributed by atoms with Crippen molar-refractivity contribution in [2.24, 2.45) is 28.1 Å². The zero-order valence-corrected chi connectivity index (χ0v) is 24.7. The molecule has 2 bridgehead atoms. The van der Waals surface area contributed by atoms with E-state index in [9.17, 15) is 24.3 Å². The van der Waals surface area contributed by atoms with Gasteiger partial charge in [0.2, 0.25) is 0 Å². The second-order valence-corrected chi connectivity index (χ2v) is 13.8. The standard InChI is InChI=1S/C30H43ClO6/c1-16(2)11-12-20(32)19-14-28-15-21(31)27(9,10)37-30(28,22(33)13-17(3)4)25(36)29(24(28)35,26(19,7)8)23(34)18(5)6/h11,13,18-19,21-22,33H,12,14-15H2,1-10H3. The molecular weight excluding hydrogens is 492 g/mol. The largest absolute Gasteiger partial charge is 0.385 e. The zero-order chi connectivity index (χ0) is 28.5. The van der Waals surface area contributed by atoms with Crippen molar-refractivity contribution in [1.82, 2.24) is 0 Å². The van der Waals surface area contributed by atoms with E-state index in [2.05, 4.69) is 0 Å². The molecule has 3 rings (SSSR count). The third kappa shape index (κ3) is 3.80. The Morgan fingerprint density at radius 1 is 1.03 bits per heavy atom. The number of ether oxygens (including phenoxy) is 1. The summed E-state index contributed by atoms with van der Waals surface area (Å²) < 4.78 is 6.55. The molecule has 7 heteroatoms. The molecule has 2 aliphatic carbocycles. The van der Waals surface area contributed by atoms with Gasteiger partial charge in [-0.05, 0) is 54.4 Å². The van der Waals surface area contributed by atoms with Crippen LogP contribution in [0.25, 0.3) is 0 Å². The first-order valence-electron chi connectivity index (χ1n) is 13.2. The first kappa shape index (κ1) is 29.9. The second kappa shape index (κ2) is 9.24. The summed E-state index contributed by atoms with van der Waals surface area (Å²) in [4.78, 5) is 57.7. The Morgan fingerprint density at radius 2 is 1.59 bits per heavy atom. The number of fused-ring (bicyclic) bond motifs is 1. The highest BCUT2D eigenvalue weighted by atomic mass is 35.5. The van der Waals surface area contributed by atoms with Gasteiger partial charge in [-0.1, -0.05) is 51.0 Å². The molecule has 1 spiro atoms. The summed E-state index contributed by atoms with van der Waals surface area (Å²) in [7, 11) is 0. The SMILES string of the molecule is CC(C)=CCC(=O)C1CC23CC(Cl)C(C)(C)OC2(C(O)C=C(C)C)C(=O)C(C(=O)C(C)C)(C3=O)C1(C)C. The van der Waals surface area contributed by atoms with Crippen LogP contribution in [-0.4, -0.2) is 50.9 Å². The Labute approximate surface area is 226 Å². The molecule has 206 valence electrons. The van der Waals surface area contributed by atoms with Gasteiger partial charge in [-0.2, -0.15) is 0 Å². The average Bonchev–Trinajstić information content (AvgIpc) is 2.88. The van der Waals surface area contributed by atoms with Crippen LogP contribution in [0.15, 0.2) is 23.3 Å². The third-order valence-electron chi connectivity index (χ3n) is 9.16. The number of carbonyl (C=O) groups is 4. The molecule has 3 aliphatic rings. The summed E-state index contributed by atoms with van der Waals surface area (Å²) in [6.07, 6.45) is 1.97. The lowest BCUT2D eigenvalue weighted by Crippen LogP contribution is -2.69. The summed E-state index contributed by atoms with van der Waals surface area (Å²) in [6, 6.07) is 0. The molecule has 0 aromatic carbocycles. The number of halogens is 1. The van der Waals surface area contributed by atoms with Gasteiger partial charge in [-0.3, -0.25) is 19.2 Å². The van der Waals surface area contributed by atoms with Gasteiger partial charge in [0.25, 0.3) is 0 Å². The monoisotopic (exact) mass is 534 g/mol. The molecule has 37 heavy (non-hydrogen) atoms. The van der Waals surface area contributed by atoms with E-state index in [4.69, 9.17) is 16.3 Å². The van der Waals surface area contributed by atoms with Crippen molar-refractivity contribution in [1.29, 1.82) is 0 Å². The van der Waals surface area contributed by atoms with E-state index >= 15 is 0 Å². The maximum atomic E-state index is 15.0. The first-order chi connectivity index (χ1) is 16.8. The van der Waals surface area contributed by atoms with E-state index in [-0.39, 0.29) is 25.0 Å². The smallest absolute Gasteiger partial charge is 0.190 e. The molecule has 1 saturated heterocycles. The topological polar surface area (TPSA) is 97.7 Å². The molecule has 0 radical (unpaired) electrons. The average molecular weight is 535 g/mol. The molecule has 1 aliphatic heterocycles. The van der Waals surface area contributed by atoms with Gasteiger partial charge < -0.3 is 9.84 Å². The normalized spacial score (nSPS) is 36.6. The van der Waals surface area contributed by atoms with Crippen molar-refractivity contribution in [3.05, 3.63) is 23.3 Å². The Balaban J connectivity index is 2.47. The van der Waals surface area contributed by atoms with Crippen molar-refractivity contribution >= 4 is 34.7 Å². The number of aliphatic hydroxyl groups excluding tert-OH is 1. The Bertz CT molecular complexity index is 1090.